The Balaban J connectivity index is 1.37. The van der Waals surface area contributed by atoms with Gasteiger partial charge in [0.15, 0.2) is 0 Å². The average molecular weight is 523 g/mol. The second kappa shape index (κ2) is 12.1. The van der Waals surface area contributed by atoms with Crippen molar-refractivity contribution in [1.82, 2.24) is 10.2 Å². The quantitative estimate of drug-likeness (QED) is 0.508. The fraction of sp³-hybridized carbons (Fsp3) is 0.440. The standard InChI is InChI=1S/C25H28Cl2N2O6/c26-20-2-1-3-21(27)19(20)13-34-18-6-4-16(5-7-18)9-11-29(25(31)32)24(30)23(17-8-10-28-12-17)22-14-33-15-35-22/h1-7,17,22-23,28H,8-15H2,(H,31,32)/t17?,22-,23+/m1/s1. The number of carbonyl (C=O) groups excluding carboxylic acids is 1. The Hall–Kier alpha value is -2.36. The molecule has 2 heterocycles. The molecule has 188 valence electrons. The Morgan fingerprint density at radius 1 is 1.17 bits per heavy atom. The molecule has 2 aliphatic heterocycles. The molecule has 8 nitrogen and oxygen atoms in total. The van der Waals surface area contributed by atoms with Crippen molar-refractivity contribution in [3.05, 3.63) is 63.6 Å². The molecule has 2 aliphatic rings. The molecule has 0 saturated carbocycles. The van der Waals surface area contributed by atoms with Gasteiger partial charge in [0, 0.05) is 22.2 Å². The topological polar surface area (TPSA) is 97.3 Å². The van der Waals surface area contributed by atoms with Crippen molar-refractivity contribution in [3.63, 3.8) is 0 Å². The zero-order valence-corrected chi connectivity index (χ0v) is 20.6. The van der Waals surface area contributed by atoms with Crippen molar-refractivity contribution in [2.75, 3.05) is 33.0 Å². The number of carboxylic acid groups (broad SMARTS) is 1. The average Bonchev–Trinajstić information content (AvgIpc) is 3.55. The van der Waals surface area contributed by atoms with E-state index in [0.717, 1.165) is 23.4 Å². The lowest BCUT2D eigenvalue weighted by atomic mass is 9.85. The third-order valence-electron chi connectivity index (χ3n) is 6.43. The molecule has 2 N–H and O–H groups in total. The van der Waals surface area contributed by atoms with Gasteiger partial charge in [0.05, 0.1) is 18.6 Å². The summed E-state index contributed by atoms with van der Waals surface area (Å²) >= 11 is 12.4. The number of nitrogens with one attached hydrogen (secondary N) is 1. The summed E-state index contributed by atoms with van der Waals surface area (Å²) in [6.45, 7) is 2.15. The highest BCUT2D eigenvalue weighted by molar-refractivity contribution is 6.35. The van der Waals surface area contributed by atoms with Crippen LogP contribution in [0.5, 0.6) is 5.75 Å². The van der Waals surface area contributed by atoms with E-state index < -0.39 is 24.0 Å². The summed E-state index contributed by atoms with van der Waals surface area (Å²) in [6, 6.07) is 12.6. The normalized spacial score (nSPS) is 20.5. The number of ether oxygens (including phenoxy) is 3. The van der Waals surface area contributed by atoms with Gasteiger partial charge in [0.25, 0.3) is 0 Å². The van der Waals surface area contributed by atoms with Crippen LogP contribution >= 0.6 is 23.2 Å². The number of hydrogen-bond acceptors (Lipinski definition) is 6. The molecule has 1 unspecified atom stereocenters. The lowest BCUT2D eigenvalue weighted by molar-refractivity contribution is -0.139. The monoisotopic (exact) mass is 522 g/mol. The van der Waals surface area contributed by atoms with Crippen molar-refractivity contribution in [2.24, 2.45) is 11.8 Å². The Morgan fingerprint density at radius 2 is 1.91 bits per heavy atom. The Bertz CT molecular complexity index is 987. The molecule has 35 heavy (non-hydrogen) atoms. The Morgan fingerprint density at radius 3 is 2.51 bits per heavy atom. The lowest BCUT2D eigenvalue weighted by Crippen LogP contribution is -2.48. The van der Waals surface area contributed by atoms with Crippen LogP contribution in [0.3, 0.4) is 0 Å². The fourth-order valence-corrected chi connectivity index (χ4v) is 5.01. The summed E-state index contributed by atoms with van der Waals surface area (Å²) in [5.41, 5.74) is 1.59. The smallest absolute Gasteiger partial charge is 0.414 e. The number of imide groups is 1. The predicted molar refractivity (Wildman–Crippen MR) is 131 cm³/mol. The number of hydrogen-bond donors (Lipinski definition) is 2. The molecule has 2 aromatic rings. The van der Waals surface area contributed by atoms with Gasteiger partial charge in [-0.05, 0) is 61.7 Å². The number of amides is 2. The highest BCUT2D eigenvalue weighted by Crippen LogP contribution is 2.29. The maximum absolute atomic E-state index is 13.3. The van der Waals surface area contributed by atoms with Gasteiger partial charge in [-0.25, -0.2) is 9.69 Å². The minimum absolute atomic E-state index is 0.0131. The predicted octanol–water partition coefficient (Wildman–Crippen LogP) is 4.22. The molecule has 3 atom stereocenters. The van der Waals surface area contributed by atoms with E-state index in [1.807, 2.05) is 12.1 Å². The van der Waals surface area contributed by atoms with E-state index in [4.69, 9.17) is 37.4 Å². The van der Waals surface area contributed by atoms with Crippen molar-refractivity contribution in [3.8, 4) is 5.75 Å². The molecule has 0 bridgehead atoms. The molecular formula is C25H28Cl2N2O6. The van der Waals surface area contributed by atoms with E-state index in [1.165, 1.54) is 0 Å². The van der Waals surface area contributed by atoms with Crippen LogP contribution in [0.1, 0.15) is 17.5 Å². The minimum Gasteiger partial charge on any atom is -0.489 e. The number of benzene rings is 2. The van der Waals surface area contributed by atoms with Crippen molar-refractivity contribution >= 4 is 35.2 Å². The zero-order valence-electron chi connectivity index (χ0n) is 19.1. The van der Waals surface area contributed by atoms with Gasteiger partial charge in [-0.2, -0.15) is 0 Å². The van der Waals surface area contributed by atoms with Crippen LogP contribution < -0.4 is 10.1 Å². The summed E-state index contributed by atoms with van der Waals surface area (Å²) in [5, 5.41) is 14.1. The largest absolute Gasteiger partial charge is 0.489 e. The van der Waals surface area contributed by atoms with Crippen LogP contribution in [0.2, 0.25) is 10.0 Å². The number of rotatable bonds is 9. The molecule has 2 amide bonds. The van der Waals surface area contributed by atoms with Gasteiger partial charge < -0.3 is 24.6 Å². The molecule has 2 aromatic carbocycles. The fourth-order valence-electron chi connectivity index (χ4n) is 4.50. The van der Waals surface area contributed by atoms with Gasteiger partial charge >= 0.3 is 6.09 Å². The summed E-state index contributed by atoms with van der Waals surface area (Å²) in [5.74, 6) is -0.350. The van der Waals surface area contributed by atoms with Crippen LogP contribution in [0.15, 0.2) is 42.5 Å². The Labute approximate surface area is 214 Å². The SMILES string of the molecule is O=C(O)N(CCc1ccc(OCc2c(Cl)cccc2Cl)cc1)C(=O)[C@@H](C1CCNC1)[C@H]1COCO1. The Kier molecular flexibility index (Phi) is 8.86. The molecule has 0 aliphatic carbocycles. The van der Waals surface area contributed by atoms with Crippen LogP contribution in [-0.2, 0) is 27.3 Å². The first kappa shape index (κ1) is 25.7. The van der Waals surface area contributed by atoms with Crippen LogP contribution in [0.25, 0.3) is 0 Å². The molecule has 2 fully saturated rings. The molecule has 0 radical (unpaired) electrons. The third-order valence-corrected chi connectivity index (χ3v) is 7.14. The molecule has 10 heteroatoms. The highest BCUT2D eigenvalue weighted by Gasteiger charge is 2.42. The second-order valence-corrected chi connectivity index (χ2v) is 9.44. The van der Waals surface area contributed by atoms with Gasteiger partial charge in [-0.15, -0.1) is 0 Å². The highest BCUT2D eigenvalue weighted by atomic mass is 35.5. The molecule has 0 aromatic heterocycles. The first-order chi connectivity index (χ1) is 16.9. The lowest BCUT2D eigenvalue weighted by Gasteiger charge is -2.30. The van der Waals surface area contributed by atoms with Gasteiger partial charge in [0.1, 0.15) is 19.1 Å². The summed E-state index contributed by atoms with van der Waals surface area (Å²) in [4.78, 5) is 26.3. The van der Waals surface area contributed by atoms with Crippen molar-refractivity contribution < 1.29 is 28.9 Å². The number of nitrogens with zero attached hydrogens (tertiary/aromatic N) is 1. The van der Waals surface area contributed by atoms with Gasteiger partial charge in [0.2, 0.25) is 5.91 Å². The first-order valence-electron chi connectivity index (χ1n) is 11.5. The van der Waals surface area contributed by atoms with Crippen molar-refractivity contribution in [2.45, 2.75) is 25.6 Å². The van der Waals surface area contributed by atoms with Gasteiger partial charge in [-0.1, -0.05) is 41.4 Å². The van der Waals surface area contributed by atoms with Gasteiger partial charge in [-0.3, -0.25) is 4.79 Å². The van der Waals surface area contributed by atoms with E-state index >= 15 is 0 Å². The molecule has 0 spiro atoms. The number of carbonyl (C=O) groups is 2. The third kappa shape index (κ3) is 6.45. The van der Waals surface area contributed by atoms with Crippen LogP contribution in [0.4, 0.5) is 4.79 Å². The van der Waals surface area contributed by atoms with Crippen LogP contribution in [-0.4, -0.2) is 61.1 Å². The van der Waals surface area contributed by atoms with E-state index in [1.54, 1.807) is 30.3 Å². The maximum Gasteiger partial charge on any atom is 0.414 e. The summed E-state index contributed by atoms with van der Waals surface area (Å²) < 4.78 is 16.7. The van der Waals surface area contributed by atoms with E-state index in [2.05, 4.69) is 5.32 Å². The van der Waals surface area contributed by atoms with Crippen molar-refractivity contribution in [1.29, 1.82) is 0 Å². The number of halogens is 2. The summed E-state index contributed by atoms with van der Waals surface area (Å²) in [6.07, 6.45) is -0.518. The molecule has 2 saturated heterocycles. The van der Waals surface area contributed by atoms with E-state index in [0.29, 0.717) is 40.9 Å². The zero-order chi connectivity index (χ0) is 24.8. The summed E-state index contributed by atoms with van der Waals surface area (Å²) in [7, 11) is 0. The van der Waals surface area contributed by atoms with E-state index in [9.17, 15) is 14.7 Å². The molecule has 4 rings (SSSR count). The second-order valence-electron chi connectivity index (χ2n) is 8.63. The van der Waals surface area contributed by atoms with E-state index in [-0.39, 0.29) is 25.9 Å². The maximum atomic E-state index is 13.3. The van der Waals surface area contributed by atoms with Crippen LogP contribution in [0, 0.1) is 11.8 Å². The first-order valence-corrected chi connectivity index (χ1v) is 12.3. The minimum atomic E-state index is -1.26. The molecular weight excluding hydrogens is 495 g/mol.